The van der Waals surface area contributed by atoms with Gasteiger partial charge in [-0.2, -0.15) is 13.2 Å². The fourth-order valence-corrected chi connectivity index (χ4v) is 9.34. The quantitative estimate of drug-likeness (QED) is 0.751. The number of halogens is 3. The molecule has 2 aliphatic heterocycles. The fraction of sp³-hybridized carbons (Fsp3) is 0.720. The van der Waals surface area contributed by atoms with Crippen molar-refractivity contribution >= 4 is 5.91 Å². The van der Waals surface area contributed by atoms with Gasteiger partial charge < -0.3 is 10.0 Å². The summed E-state index contributed by atoms with van der Waals surface area (Å²) in [7, 11) is 0. The fourth-order valence-electron chi connectivity index (χ4n) is 9.34. The average Bonchev–Trinajstić information content (AvgIpc) is 3.43. The number of phenols is 1. The molecule has 5 unspecified atom stereocenters. The Bertz CT molecular complexity index is 1010. The molecule has 7 heteroatoms. The Morgan fingerprint density at radius 3 is 2.75 bits per heavy atom. The highest BCUT2D eigenvalue weighted by Crippen LogP contribution is 2.75. The summed E-state index contributed by atoms with van der Waals surface area (Å²) in [6, 6.07) is 5.80. The largest absolute Gasteiger partial charge is 0.508 e. The van der Waals surface area contributed by atoms with Gasteiger partial charge in [0.15, 0.2) is 0 Å². The molecule has 0 radical (unpaired) electrons. The Balaban J connectivity index is 1.37. The molecule has 1 aromatic carbocycles. The zero-order valence-corrected chi connectivity index (χ0v) is 18.1. The van der Waals surface area contributed by atoms with Crippen molar-refractivity contribution in [3.05, 3.63) is 29.3 Å². The first-order valence-corrected chi connectivity index (χ1v) is 12.2. The molecule has 4 aliphatic carbocycles. The topological polar surface area (TPSA) is 43.8 Å². The lowest BCUT2D eigenvalue weighted by Gasteiger charge is -2.66. The average molecular weight is 447 g/mol. The summed E-state index contributed by atoms with van der Waals surface area (Å²) in [5, 5.41) is 10.4. The van der Waals surface area contributed by atoms with Gasteiger partial charge >= 0.3 is 12.1 Å². The number of hydrogen-bond acceptors (Lipinski definition) is 3. The first-order chi connectivity index (χ1) is 15.2. The highest BCUT2D eigenvalue weighted by molar-refractivity contribution is 5.82. The first kappa shape index (κ1) is 19.7. The Morgan fingerprint density at radius 1 is 1.19 bits per heavy atom. The van der Waals surface area contributed by atoms with Crippen LogP contribution >= 0.6 is 0 Å². The number of alkyl halides is 3. The lowest BCUT2D eigenvalue weighted by atomic mass is 9.43. The monoisotopic (exact) mass is 446 g/mol. The number of hydrogen-bond donors (Lipinski definition) is 1. The zero-order chi connectivity index (χ0) is 22.0. The van der Waals surface area contributed by atoms with Gasteiger partial charge in [0.1, 0.15) is 5.75 Å². The molecule has 7 rings (SSSR count). The summed E-state index contributed by atoms with van der Waals surface area (Å²) in [6.07, 6.45) is 2.18. The summed E-state index contributed by atoms with van der Waals surface area (Å²) in [6.45, 7) is 2.36. The molecule has 0 aromatic heterocycles. The Kier molecular flexibility index (Phi) is 3.70. The number of benzene rings is 1. The minimum Gasteiger partial charge on any atom is -0.508 e. The molecule has 32 heavy (non-hydrogen) atoms. The molecule has 6 aliphatic rings. The predicted octanol–water partition coefficient (Wildman–Crippen LogP) is 3.86. The minimum atomic E-state index is -4.82. The lowest BCUT2D eigenvalue weighted by Crippen LogP contribution is -2.70. The van der Waals surface area contributed by atoms with Crippen molar-refractivity contribution in [1.29, 1.82) is 0 Å². The molecule has 3 saturated carbocycles. The molecule has 5 fully saturated rings. The van der Waals surface area contributed by atoms with Gasteiger partial charge in [-0.25, -0.2) is 0 Å². The molecular formula is C25H29F3N2O2. The molecule has 4 bridgehead atoms. The van der Waals surface area contributed by atoms with Gasteiger partial charge in [-0.05, 0) is 97.9 Å². The number of nitrogens with zero attached hydrogens (tertiary/aromatic N) is 2. The van der Waals surface area contributed by atoms with E-state index < -0.39 is 12.1 Å². The van der Waals surface area contributed by atoms with Crippen LogP contribution < -0.4 is 0 Å². The molecule has 4 nitrogen and oxygen atoms in total. The van der Waals surface area contributed by atoms with E-state index in [2.05, 4.69) is 4.90 Å². The van der Waals surface area contributed by atoms with Crippen LogP contribution in [0, 0.1) is 23.2 Å². The molecule has 2 saturated heterocycles. The maximum Gasteiger partial charge on any atom is 0.471 e. The van der Waals surface area contributed by atoms with Gasteiger partial charge in [0.2, 0.25) is 0 Å². The van der Waals surface area contributed by atoms with Crippen molar-refractivity contribution in [3.63, 3.8) is 0 Å². The third kappa shape index (κ3) is 2.26. The van der Waals surface area contributed by atoms with E-state index in [-0.39, 0.29) is 41.0 Å². The van der Waals surface area contributed by atoms with Gasteiger partial charge in [0.25, 0.3) is 0 Å². The molecular weight excluding hydrogens is 417 g/mol. The van der Waals surface area contributed by atoms with E-state index in [4.69, 9.17) is 0 Å². The van der Waals surface area contributed by atoms with Crippen LogP contribution in [0.4, 0.5) is 13.2 Å². The summed E-state index contributed by atoms with van der Waals surface area (Å²) >= 11 is 0. The second kappa shape index (κ2) is 6.02. The van der Waals surface area contributed by atoms with E-state index in [0.29, 0.717) is 12.5 Å². The van der Waals surface area contributed by atoms with E-state index in [1.807, 2.05) is 12.1 Å². The summed E-state index contributed by atoms with van der Waals surface area (Å²) in [5.41, 5.74) is 2.27. The summed E-state index contributed by atoms with van der Waals surface area (Å²) in [5.74, 6) is -0.431. The van der Waals surface area contributed by atoms with Crippen molar-refractivity contribution in [2.24, 2.45) is 23.2 Å². The Hall–Kier alpha value is -1.76. The molecule has 2 heterocycles. The van der Waals surface area contributed by atoms with Gasteiger partial charge in [-0.3, -0.25) is 9.69 Å². The summed E-state index contributed by atoms with van der Waals surface area (Å²) < 4.78 is 40.3. The van der Waals surface area contributed by atoms with Gasteiger partial charge in [-0.15, -0.1) is 0 Å². The number of rotatable bonds is 2. The zero-order valence-electron chi connectivity index (χ0n) is 18.1. The highest BCUT2D eigenvalue weighted by Gasteiger charge is 2.76. The van der Waals surface area contributed by atoms with Crippen LogP contribution in [-0.2, 0) is 16.6 Å². The van der Waals surface area contributed by atoms with E-state index in [9.17, 15) is 23.1 Å². The molecule has 6 atom stereocenters. The number of fused-ring (bicyclic) bond motifs is 1. The van der Waals surface area contributed by atoms with Crippen molar-refractivity contribution in [1.82, 2.24) is 9.80 Å². The van der Waals surface area contributed by atoms with Gasteiger partial charge in [0.05, 0.1) is 0 Å². The Labute approximate surface area is 185 Å². The number of carbonyl (C=O) groups excluding carboxylic acids is 1. The number of phenolic OH excluding ortho intramolecular Hbond substituents is 1. The molecule has 1 amide bonds. The third-order valence-electron chi connectivity index (χ3n) is 10.3. The molecule has 1 N–H and O–H groups in total. The van der Waals surface area contributed by atoms with Crippen molar-refractivity contribution < 1.29 is 23.1 Å². The molecule has 1 aromatic rings. The van der Waals surface area contributed by atoms with E-state index >= 15 is 0 Å². The third-order valence-corrected chi connectivity index (χ3v) is 10.3. The van der Waals surface area contributed by atoms with Crippen LogP contribution in [0.5, 0.6) is 5.75 Å². The number of piperidine rings is 1. The van der Waals surface area contributed by atoms with Crippen LogP contribution in [0.1, 0.15) is 49.7 Å². The second-order valence-electron chi connectivity index (χ2n) is 11.4. The van der Waals surface area contributed by atoms with Crippen LogP contribution in [0.2, 0.25) is 0 Å². The van der Waals surface area contributed by atoms with Crippen LogP contribution in [0.25, 0.3) is 0 Å². The minimum absolute atomic E-state index is 0.0557. The first-order valence-electron chi connectivity index (χ1n) is 12.2. The number of aromatic hydroxyl groups is 1. The maximum atomic E-state index is 13.4. The van der Waals surface area contributed by atoms with Crippen molar-refractivity contribution in [2.45, 2.75) is 68.6 Å². The second-order valence-corrected chi connectivity index (χ2v) is 11.4. The van der Waals surface area contributed by atoms with Crippen LogP contribution in [0.15, 0.2) is 18.2 Å². The van der Waals surface area contributed by atoms with Gasteiger partial charge in [0, 0.05) is 30.6 Å². The smallest absolute Gasteiger partial charge is 0.471 e. The standard InChI is InChI=1S/C25H29F3N2O2/c26-25(27,28)22(32)30-13-16-11-23-6-5-19(30)21(16)24(23)7-8-29(12-14-1-2-14)20(23)9-15-3-4-17(31)10-18(15)24/h3-4,10,14,16,19-21,31H,1-2,5-9,11-13H2/t16-,19?,20?,21?,23?,24?/m1/s1. The lowest BCUT2D eigenvalue weighted by molar-refractivity contribution is -0.190. The highest BCUT2D eigenvalue weighted by atomic mass is 19.4. The number of carbonyl (C=O) groups is 1. The van der Waals surface area contributed by atoms with Crippen LogP contribution in [-0.4, -0.2) is 58.7 Å². The SMILES string of the molecule is O=C(N1C[C@H]2CC34CCC1C2C31CCN(CC2CC2)C4Cc2ccc(O)cc21)C(F)(F)F. The normalized spacial score (nSPS) is 42.0. The number of amides is 1. The molecule has 0 spiro atoms. The predicted molar refractivity (Wildman–Crippen MR) is 111 cm³/mol. The van der Waals surface area contributed by atoms with Crippen molar-refractivity contribution in [3.8, 4) is 5.75 Å². The van der Waals surface area contributed by atoms with E-state index in [0.717, 1.165) is 44.7 Å². The van der Waals surface area contributed by atoms with Crippen molar-refractivity contribution in [2.75, 3.05) is 19.6 Å². The van der Waals surface area contributed by atoms with E-state index in [1.54, 1.807) is 6.07 Å². The Morgan fingerprint density at radius 2 is 2.00 bits per heavy atom. The van der Waals surface area contributed by atoms with E-state index in [1.165, 1.54) is 28.9 Å². The number of likely N-dealkylation sites (tertiary alicyclic amines) is 2. The van der Waals surface area contributed by atoms with Gasteiger partial charge in [-0.1, -0.05) is 6.07 Å². The summed E-state index contributed by atoms with van der Waals surface area (Å²) in [4.78, 5) is 16.2. The van der Waals surface area contributed by atoms with Crippen LogP contribution in [0.3, 0.4) is 0 Å². The molecule has 172 valence electrons. The maximum absolute atomic E-state index is 13.4.